The molecule has 0 aliphatic heterocycles. The molecule has 2 aromatic rings. The Morgan fingerprint density at radius 2 is 1.66 bits per heavy atom. The largest absolute Gasteiger partial charge is 0.413 e. The van der Waals surface area contributed by atoms with Gasteiger partial charge >= 0.3 is 12.1 Å². The maximum absolute atomic E-state index is 11.6. The van der Waals surface area contributed by atoms with Crippen molar-refractivity contribution in [1.82, 2.24) is 25.2 Å². The molecule has 0 saturated carbocycles. The molecule has 11 nitrogen and oxygen atoms in total. The molecule has 2 rings (SSSR count). The average molecular weight is 507 g/mol. The van der Waals surface area contributed by atoms with Crippen LogP contribution in [0.5, 0.6) is 5.75 Å². The van der Waals surface area contributed by atoms with Crippen molar-refractivity contribution in [2.75, 3.05) is 42.8 Å². The predicted octanol–water partition coefficient (Wildman–Crippen LogP) is 4.51. The summed E-state index contributed by atoms with van der Waals surface area (Å²) in [6.07, 6.45) is 1.44. The van der Waals surface area contributed by atoms with Gasteiger partial charge in [0.05, 0.1) is 0 Å². The molecule has 0 unspecified atom stereocenters. The van der Waals surface area contributed by atoms with Crippen LogP contribution in [-0.2, 0) is 0 Å². The molecule has 0 fully saturated rings. The SMILES string of the molecule is CCNc1nc(NC(C)C)nc(SC)n1.CN(C)C(=O)Nc1ccc(OC(=O)NC(C)(C)C)cc1. The molecule has 0 saturated heterocycles. The van der Waals surface area contributed by atoms with Crippen molar-refractivity contribution in [2.24, 2.45) is 0 Å². The lowest BCUT2D eigenvalue weighted by Crippen LogP contribution is -2.42. The maximum atomic E-state index is 11.6. The molecule has 4 N–H and O–H groups in total. The van der Waals surface area contributed by atoms with Crippen LogP contribution in [0.15, 0.2) is 29.4 Å². The second kappa shape index (κ2) is 14.2. The van der Waals surface area contributed by atoms with E-state index in [0.29, 0.717) is 29.4 Å². The zero-order valence-corrected chi connectivity index (χ0v) is 22.8. The monoisotopic (exact) mass is 506 g/mol. The van der Waals surface area contributed by atoms with Crippen LogP contribution in [-0.4, -0.2) is 70.5 Å². The van der Waals surface area contributed by atoms with Gasteiger partial charge in [-0.15, -0.1) is 0 Å². The lowest BCUT2D eigenvalue weighted by Gasteiger charge is -2.19. The van der Waals surface area contributed by atoms with Crippen molar-refractivity contribution in [2.45, 2.75) is 58.3 Å². The van der Waals surface area contributed by atoms with E-state index in [9.17, 15) is 9.59 Å². The Morgan fingerprint density at radius 1 is 1.06 bits per heavy atom. The number of carbonyl (C=O) groups excluding carboxylic acids is 2. The quantitative estimate of drug-likeness (QED) is 0.400. The lowest BCUT2D eigenvalue weighted by atomic mass is 10.1. The number of carbonyl (C=O) groups is 2. The fourth-order valence-electron chi connectivity index (χ4n) is 2.29. The van der Waals surface area contributed by atoms with E-state index in [-0.39, 0.29) is 11.6 Å². The number of hydrogen-bond acceptors (Lipinski definition) is 9. The first-order valence-electron chi connectivity index (χ1n) is 11.2. The van der Waals surface area contributed by atoms with Gasteiger partial charge in [-0.1, -0.05) is 11.8 Å². The molecule has 0 spiro atoms. The van der Waals surface area contributed by atoms with Gasteiger partial charge in [0.1, 0.15) is 5.75 Å². The number of nitrogens with zero attached hydrogens (tertiary/aromatic N) is 4. The number of anilines is 3. The van der Waals surface area contributed by atoms with E-state index in [2.05, 4.69) is 50.1 Å². The topological polar surface area (TPSA) is 133 Å². The first kappa shape index (κ1) is 29.8. The van der Waals surface area contributed by atoms with Gasteiger partial charge in [0, 0.05) is 37.9 Å². The second-order valence-electron chi connectivity index (χ2n) is 8.91. The van der Waals surface area contributed by atoms with Crippen LogP contribution >= 0.6 is 11.8 Å². The molecular formula is C23H38N8O3S. The standard InChI is InChI=1S/C14H21N3O3.C9H17N5S/c1-14(2,3)16-13(19)20-11-8-6-10(7-9-11)15-12(18)17(4)5;1-5-10-7-12-8(11-6(2)3)14-9(13-7)15-4/h6-9H,1-5H3,(H,15,18)(H,16,19);6H,5H2,1-4H3,(H2,10,11,12,13,14). The fraction of sp³-hybridized carbons (Fsp3) is 0.522. The van der Waals surface area contributed by atoms with E-state index < -0.39 is 6.09 Å². The highest BCUT2D eigenvalue weighted by molar-refractivity contribution is 7.98. The minimum Gasteiger partial charge on any atom is -0.410 e. The highest BCUT2D eigenvalue weighted by atomic mass is 32.2. The summed E-state index contributed by atoms with van der Waals surface area (Å²) in [6, 6.07) is 6.67. The minimum atomic E-state index is -0.512. The number of thioether (sulfide) groups is 1. The molecule has 194 valence electrons. The molecule has 0 radical (unpaired) electrons. The maximum Gasteiger partial charge on any atom is 0.413 e. The summed E-state index contributed by atoms with van der Waals surface area (Å²) in [5.74, 6) is 1.66. The Kier molecular flexibility index (Phi) is 12.1. The van der Waals surface area contributed by atoms with Gasteiger partial charge in [0.15, 0.2) is 5.16 Å². The molecule has 0 atom stereocenters. The van der Waals surface area contributed by atoms with Gasteiger partial charge in [-0.2, -0.15) is 15.0 Å². The summed E-state index contributed by atoms with van der Waals surface area (Å²) in [7, 11) is 3.31. The number of hydrogen-bond donors (Lipinski definition) is 4. The van der Waals surface area contributed by atoms with Crippen molar-refractivity contribution < 1.29 is 14.3 Å². The number of rotatable bonds is 7. The molecule has 1 aromatic heterocycles. The van der Waals surface area contributed by atoms with E-state index in [0.717, 1.165) is 11.7 Å². The van der Waals surface area contributed by atoms with E-state index in [4.69, 9.17) is 4.74 Å². The molecule has 0 bridgehead atoms. The average Bonchev–Trinajstić information content (AvgIpc) is 2.73. The number of nitrogens with one attached hydrogen (secondary N) is 4. The number of aromatic nitrogens is 3. The Hall–Kier alpha value is -3.28. The zero-order valence-electron chi connectivity index (χ0n) is 22.0. The van der Waals surface area contributed by atoms with Gasteiger partial charge in [-0.3, -0.25) is 0 Å². The van der Waals surface area contributed by atoms with Crippen LogP contribution < -0.4 is 26.0 Å². The fourth-order valence-corrected chi connectivity index (χ4v) is 2.64. The first-order valence-corrected chi connectivity index (χ1v) is 12.4. The summed E-state index contributed by atoms with van der Waals surface area (Å²) in [5.41, 5.74) is 0.281. The third kappa shape index (κ3) is 12.7. The molecule has 1 heterocycles. The smallest absolute Gasteiger partial charge is 0.410 e. The predicted molar refractivity (Wildman–Crippen MR) is 143 cm³/mol. The summed E-state index contributed by atoms with van der Waals surface area (Å²) < 4.78 is 5.12. The third-order valence-corrected chi connectivity index (χ3v) is 4.30. The molecule has 0 aliphatic carbocycles. The number of urea groups is 1. The van der Waals surface area contributed by atoms with Gasteiger partial charge in [-0.05, 0) is 72.1 Å². The molecule has 1 aromatic carbocycles. The summed E-state index contributed by atoms with van der Waals surface area (Å²) >= 11 is 1.51. The minimum absolute atomic E-state index is 0.218. The molecule has 12 heteroatoms. The van der Waals surface area contributed by atoms with E-state index in [1.807, 2.05) is 34.0 Å². The van der Waals surface area contributed by atoms with Crippen molar-refractivity contribution in [1.29, 1.82) is 0 Å². The highest BCUT2D eigenvalue weighted by Gasteiger charge is 2.15. The zero-order chi connectivity index (χ0) is 26.6. The van der Waals surface area contributed by atoms with Crippen molar-refractivity contribution >= 4 is 41.5 Å². The van der Waals surface area contributed by atoms with Gasteiger partial charge in [0.25, 0.3) is 0 Å². The number of benzene rings is 1. The van der Waals surface area contributed by atoms with Crippen molar-refractivity contribution in [3.8, 4) is 5.75 Å². The third-order valence-electron chi connectivity index (χ3n) is 3.75. The molecular weight excluding hydrogens is 468 g/mol. The molecule has 0 aliphatic rings. The molecule has 3 amide bonds. The number of amides is 3. The van der Waals surface area contributed by atoms with Crippen molar-refractivity contribution in [3.05, 3.63) is 24.3 Å². The van der Waals surface area contributed by atoms with Gasteiger partial charge < -0.3 is 30.9 Å². The summed E-state index contributed by atoms with van der Waals surface area (Å²) in [5, 5.41) is 12.4. The Morgan fingerprint density at radius 3 is 2.14 bits per heavy atom. The number of ether oxygens (including phenoxy) is 1. The van der Waals surface area contributed by atoms with E-state index in [1.54, 1.807) is 38.4 Å². The van der Waals surface area contributed by atoms with E-state index >= 15 is 0 Å². The van der Waals surface area contributed by atoms with Crippen LogP contribution in [0.25, 0.3) is 0 Å². The first-order chi connectivity index (χ1) is 16.3. The van der Waals surface area contributed by atoms with Crippen LogP contribution in [0.4, 0.5) is 27.2 Å². The Bertz CT molecular complexity index is 947. The lowest BCUT2D eigenvalue weighted by molar-refractivity contribution is 0.190. The van der Waals surface area contributed by atoms with Crippen molar-refractivity contribution in [3.63, 3.8) is 0 Å². The van der Waals surface area contributed by atoms with Gasteiger partial charge in [-0.25, -0.2) is 9.59 Å². The summed E-state index contributed by atoms with van der Waals surface area (Å²) in [6.45, 7) is 12.5. The van der Waals surface area contributed by atoms with Gasteiger partial charge in [0.2, 0.25) is 11.9 Å². The Labute approximate surface area is 212 Å². The van der Waals surface area contributed by atoms with Crippen LogP contribution in [0.2, 0.25) is 0 Å². The van der Waals surface area contributed by atoms with Crippen LogP contribution in [0.3, 0.4) is 0 Å². The molecule has 35 heavy (non-hydrogen) atoms. The Balaban J connectivity index is 0.000000365. The normalized spacial score (nSPS) is 10.6. The second-order valence-corrected chi connectivity index (χ2v) is 9.69. The van der Waals surface area contributed by atoms with Crippen LogP contribution in [0.1, 0.15) is 41.5 Å². The van der Waals surface area contributed by atoms with E-state index in [1.165, 1.54) is 16.7 Å². The highest BCUT2D eigenvalue weighted by Crippen LogP contribution is 2.16. The summed E-state index contributed by atoms with van der Waals surface area (Å²) in [4.78, 5) is 37.2. The van der Waals surface area contributed by atoms with Crippen LogP contribution in [0, 0.1) is 0 Å².